The largest absolute Gasteiger partial charge is 0.394 e. The third kappa shape index (κ3) is 8.24. The summed E-state index contributed by atoms with van der Waals surface area (Å²) >= 11 is 0. The van der Waals surface area contributed by atoms with E-state index in [1.54, 1.807) is 0 Å². The summed E-state index contributed by atoms with van der Waals surface area (Å²) in [7, 11) is 0. The Bertz CT molecular complexity index is 234. The molecule has 0 saturated heterocycles. The Kier molecular flexibility index (Phi) is 12.6. The average molecular weight is 300 g/mol. The molecule has 8 N–H and O–H groups in total. The molecule has 0 aromatic rings. The molecule has 0 saturated carbocycles. The fraction of sp³-hybridized carbons (Fsp3) is 0.800. The Labute approximate surface area is 114 Å². The summed E-state index contributed by atoms with van der Waals surface area (Å²) in [5.74, 6) is 0. The monoisotopic (exact) mass is 300 g/mol. The number of carbonyl (C=O) groups excluding carboxylic acids is 2. The van der Waals surface area contributed by atoms with E-state index < -0.39 is 49.8 Å². The third-order valence-electron chi connectivity index (χ3n) is 2.14. The van der Waals surface area contributed by atoms with Crippen LogP contribution in [0.15, 0.2) is 0 Å². The van der Waals surface area contributed by atoms with Crippen molar-refractivity contribution in [3.63, 3.8) is 0 Å². The van der Waals surface area contributed by atoms with Crippen LogP contribution in [0, 0.1) is 0 Å². The maximum Gasteiger partial charge on any atom is 0.151 e. The Morgan fingerprint density at radius 2 is 0.900 bits per heavy atom. The minimum Gasteiger partial charge on any atom is -0.394 e. The fourth-order valence-electron chi connectivity index (χ4n) is 0.832. The topological polar surface area (TPSA) is 196 Å². The first-order chi connectivity index (χ1) is 9.26. The molecule has 0 heterocycles. The molecule has 6 atom stereocenters. The van der Waals surface area contributed by atoms with Gasteiger partial charge >= 0.3 is 0 Å². The molecule has 0 radical (unpaired) electrons. The van der Waals surface area contributed by atoms with Crippen molar-refractivity contribution in [2.24, 2.45) is 0 Å². The van der Waals surface area contributed by atoms with Gasteiger partial charge in [0.2, 0.25) is 0 Å². The van der Waals surface area contributed by atoms with Crippen LogP contribution in [0.25, 0.3) is 0 Å². The molecule has 120 valence electrons. The van der Waals surface area contributed by atoms with Crippen molar-refractivity contribution in [1.82, 2.24) is 0 Å². The number of rotatable bonds is 8. The van der Waals surface area contributed by atoms with E-state index in [4.69, 9.17) is 40.9 Å². The van der Waals surface area contributed by atoms with Gasteiger partial charge in [-0.3, -0.25) is 0 Å². The highest BCUT2D eigenvalue weighted by Gasteiger charge is 2.23. The van der Waals surface area contributed by atoms with E-state index in [2.05, 4.69) is 0 Å². The van der Waals surface area contributed by atoms with Gasteiger partial charge in [0.1, 0.15) is 36.6 Å². The maximum absolute atomic E-state index is 9.76. The molecule has 0 amide bonds. The third-order valence-corrected chi connectivity index (χ3v) is 2.14. The van der Waals surface area contributed by atoms with Crippen molar-refractivity contribution in [2.75, 3.05) is 13.2 Å². The molecule has 0 aromatic heterocycles. The van der Waals surface area contributed by atoms with Gasteiger partial charge in [-0.05, 0) is 0 Å². The summed E-state index contributed by atoms with van der Waals surface area (Å²) in [5, 5.41) is 68.1. The first kappa shape index (κ1) is 21.3. The van der Waals surface area contributed by atoms with Crippen molar-refractivity contribution >= 4 is 12.6 Å². The van der Waals surface area contributed by atoms with Gasteiger partial charge in [-0.2, -0.15) is 0 Å². The summed E-state index contributed by atoms with van der Waals surface area (Å²) in [4.78, 5) is 19.5. The van der Waals surface area contributed by atoms with Gasteiger partial charge in [-0.15, -0.1) is 0 Å². The number of hydrogen-bond acceptors (Lipinski definition) is 10. The first-order valence-electron chi connectivity index (χ1n) is 5.47. The molecule has 0 aliphatic carbocycles. The van der Waals surface area contributed by atoms with E-state index in [9.17, 15) is 9.59 Å². The second kappa shape index (κ2) is 11.8. The van der Waals surface area contributed by atoms with E-state index in [0.29, 0.717) is 0 Å². The zero-order valence-corrected chi connectivity index (χ0v) is 10.4. The van der Waals surface area contributed by atoms with E-state index >= 15 is 0 Å². The molecular formula is C10H20O10. The SMILES string of the molecule is O=C[C@@H](O)[C@H](O)[C@@H](O)CO.O=C[C@H](O)[C@@H](O)[C@H](O)CO. The molecule has 0 unspecified atom stereocenters. The highest BCUT2D eigenvalue weighted by Crippen LogP contribution is 1.97. The summed E-state index contributed by atoms with van der Waals surface area (Å²) in [5.41, 5.74) is 0. The van der Waals surface area contributed by atoms with Gasteiger partial charge in [0, 0.05) is 0 Å². The summed E-state index contributed by atoms with van der Waals surface area (Å²) in [6.07, 6.45) is -9.26. The predicted molar refractivity (Wildman–Crippen MR) is 62.3 cm³/mol. The van der Waals surface area contributed by atoms with E-state index in [-0.39, 0.29) is 12.6 Å². The second-order valence-electron chi connectivity index (χ2n) is 3.73. The normalized spacial score (nSPS) is 19.6. The Balaban J connectivity index is 0. The van der Waals surface area contributed by atoms with Crippen LogP contribution in [-0.2, 0) is 9.59 Å². The van der Waals surface area contributed by atoms with Crippen LogP contribution in [0.1, 0.15) is 0 Å². The van der Waals surface area contributed by atoms with Crippen LogP contribution >= 0.6 is 0 Å². The molecule has 0 rings (SSSR count). The highest BCUT2D eigenvalue weighted by molar-refractivity contribution is 5.57. The van der Waals surface area contributed by atoms with Crippen LogP contribution in [0.3, 0.4) is 0 Å². The lowest BCUT2D eigenvalue weighted by atomic mass is 10.1. The van der Waals surface area contributed by atoms with Crippen LogP contribution in [0.5, 0.6) is 0 Å². The Hall–Kier alpha value is -0.980. The van der Waals surface area contributed by atoms with Crippen molar-refractivity contribution in [1.29, 1.82) is 0 Å². The zero-order valence-electron chi connectivity index (χ0n) is 10.4. The number of carbonyl (C=O) groups is 2. The molecule has 0 aromatic carbocycles. The number of hydrogen-bond donors (Lipinski definition) is 8. The standard InChI is InChI=1S/2C5H10O5/c2*6-1-3(8)5(10)4(9)2-7/h2*1,3-5,7-10H,2H2/t2*3-,4+,5+/m10/s1. The van der Waals surface area contributed by atoms with E-state index in [1.807, 2.05) is 0 Å². The van der Waals surface area contributed by atoms with Gasteiger partial charge in [-0.25, -0.2) is 0 Å². The van der Waals surface area contributed by atoms with Crippen molar-refractivity contribution in [3.8, 4) is 0 Å². The smallest absolute Gasteiger partial charge is 0.151 e. The molecule has 0 aliphatic rings. The molecule has 10 heteroatoms. The van der Waals surface area contributed by atoms with Gasteiger partial charge in [0.15, 0.2) is 12.6 Å². The summed E-state index contributed by atoms with van der Waals surface area (Å²) in [6.45, 7) is -1.38. The number of aliphatic hydroxyl groups excluding tert-OH is 8. The van der Waals surface area contributed by atoms with E-state index in [1.165, 1.54) is 0 Å². The Morgan fingerprint density at radius 3 is 1.05 bits per heavy atom. The molecule has 10 nitrogen and oxygen atoms in total. The molecule has 0 spiro atoms. The van der Waals surface area contributed by atoms with Crippen LogP contribution in [0.2, 0.25) is 0 Å². The molecular weight excluding hydrogens is 280 g/mol. The Morgan fingerprint density at radius 1 is 0.650 bits per heavy atom. The van der Waals surface area contributed by atoms with Crippen molar-refractivity contribution in [3.05, 3.63) is 0 Å². The molecule has 0 bridgehead atoms. The zero-order chi connectivity index (χ0) is 16.3. The second-order valence-corrected chi connectivity index (χ2v) is 3.73. The van der Waals surface area contributed by atoms with Gasteiger partial charge in [-0.1, -0.05) is 0 Å². The summed E-state index contributed by atoms with van der Waals surface area (Å²) in [6, 6.07) is 0. The lowest BCUT2D eigenvalue weighted by Crippen LogP contribution is -2.40. The number of aliphatic hydroxyl groups is 8. The van der Waals surface area contributed by atoms with Crippen molar-refractivity contribution < 1.29 is 50.4 Å². The minimum absolute atomic E-state index is 0.0869. The number of aldehydes is 2. The average Bonchev–Trinajstić information content (AvgIpc) is 2.50. The van der Waals surface area contributed by atoms with E-state index in [0.717, 1.165) is 0 Å². The van der Waals surface area contributed by atoms with Gasteiger partial charge in [0.25, 0.3) is 0 Å². The molecule has 20 heavy (non-hydrogen) atoms. The lowest BCUT2D eigenvalue weighted by Gasteiger charge is -2.16. The van der Waals surface area contributed by atoms with Crippen LogP contribution in [0.4, 0.5) is 0 Å². The minimum atomic E-state index is -1.64. The molecule has 0 aliphatic heterocycles. The van der Waals surface area contributed by atoms with Gasteiger partial charge < -0.3 is 50.4 Å². The predicted octanol–water partition coefficient (Wildman–Crippen LogP) is -5.48. The molecule has 0 fully saturated rings. The van der Waals surface area contributed by atoms with Crippen molar-refractivity contribution in [2.45, 2.75) is 36.6 Å². The quantitative estimate of drug-likeness (QED) is 0.200. The van der Waals surface area contributed by atoms with Gasteiger partial charge in [0.05, 0.1) is 13.2 Å². The van der Waals surface area contributed by atoms with Crippen LogP contribution < -0.4 is 0 Å². The maximum atomic E-state index is 9.76. The fourth-order valence-corrected chi connectivity index (χ4v) is 0.832. The highest BCUT2D eigenvalue weighted by atomic mass is 16.4. The first-order valence-corrected chi connectivity index (χ1v) is 5.47. The summed E-state index contributed by atoms with van der Waals surface area (Å²) < 4.78 is 0. The lowest BCUT2D eigenvalue weighted by molar-refractivity contribution is -0.128. The van der Waals surface area contributed by atoms with Crippen LogP contribution in [-0.4, -0.2) is 103 Å².